The second kappa shape index (κ2) is 6.58. The van der Waals surface area contributed by atoms with Crippen molar-refractivity contribution in [3.05, 3.63) is 29.6 Å². The molecule has 0 aliphatic carbocycles. The van der Waals surface area contributed by atoms with Gasteiger partial charge in [0.05, 0.1) is 6.61 Å². The van der Waals surface area contributed by atoms with Crippen LogP contribution in [-0.2, 0) is 6.54 Å². The molecule has 0 saturated heterocycles. The van der Waals surface area contributed by atoms with Gasteiger partial charge in [-0.3, -0.25) is 0 Å². The van der Waals surface area contributed by atoms with Crippen LogP contribution >= 0.6 is 0 Å². The van der Waals surface area contributed by atoms with Crippen LogP contribution in [0.25, 0.3) is 0 Å². The fourth-order valence-corrected chi connectivity index (χ4v) is 1.43. The molecule has 1 rings (SSSR count). The summed E-state index contributed by atoms with van der Waals surface area (Å²) in [5.74, 6) is -0.577. The second-order valence-electron chi connectivity index (χ2n) is 3.86. The summed E-state index contributed by atoms with van der Waals surface area (Å²) < 4.78 is 54.0. The van der Waals surface area contributed by atoms with E-state index < -0.39 is 18.4 Å². The lowest BCUT2D eigenvalue weighted by atomic mass is 10.2. The van der Waals surface area contributed by atoms with Crippen molar-refractivity contribution >= 4 is 0 Å². The first-order chi connectivity index (χ1) is 8.42. The lowest BCUT2D eigenvalue weighted by molar-refractivity contribution is -0.136. The molecule has 0 saturated carbocycles. The van der Waals surface area contributed by atoms with Crippen molar-refractivity contribution in [1.82, 2.24) is 5.32 Å². The summed E-state index contributed by atoms with van der Waals surface area (Å²) in [6.07, 6.45) is -5.30. The van der Waals surface area contributed by atoms with Gasteiger partial charge in [-0.05, 0) is 31.2 Å². The largest absolute Gasteiger partial charge is 0.491 e. The first kappa shape index (κ1) is 14.8. The van der Waals surface area contributed by atoms with Gasteiger partial charge in [0.25, 0.3) is 0 Å². The summed E-state index contributed by atoms with van der Waals surface area (Å²) in [6, 6.07) is 4.39. The summed E-state index contributed by atoms with van der Waals surface area (Å²) in [5, 5.41) is 2.87. The van der Waals surface area contributed by atoms with E-state index in [0.29, 0.717) is 6.54 Å². The Morgan fingerprint density at radius 3 is 2.56 bits per heavy atom. The fourth-order valence-electron chi connectivity index (χ4n) is 1.43. The molecule has 0 aromatic heterocycles. The van der Waals surface area contributed by atoms with Gasteiger partial charge >= 0.3 is 6.18 Å². The minimum absolute atomic E-state index is 0.0166. The molecule has 6 heteroatoms. The molecule has 18 heavy (non-hydrogen) atoms. The van der Waals surface area contributed by atoms with Crippen LogP contribution in [0.3, 0.4) is 0 Å². The van der Waals surface area contributed by atoms with Crippen molar-refractivity contribution in [3.8, 4) is 5.75 Å². The van der Waals surface area contributed by atoms with E-state index in [0.717, 1.165) is 5.56 Å². The number of nitrogens with one attached hydrogen (secondary N) is 1. The minimum atomic E-state index is -4.20. The van der Waals surface area contributed by atoms with Gasteiger partial charge in [0.15, 0.2) is 11.6 Å². The first-order valence-electron chi connectivity index (χ1n) is 5.55. The maximum Gasteiger partial charge on any atom is 0.389 e. The van der Waals surface area contributed by atoms with Crippen LogP contribution in [-0.4, -0.2) is 19.8 Å². The van der Waals surface area contributed by atoms with E-state index in [4.69, 9.17) is 4.74 Å². The van der Waals surface area contributed by atoms with Crippen LogP contribution < -0.4 is 10.1 Å². The third-order valence-electron chi connectivity index (χ3n) is 2.24. The molecule has 102 valence electrons. The molecule has 0 bridgehead atoms. The highest BCUT2D eigenvalue weighted by molar-refractivity contribution is 5.29. The van der Waals surface area contributed by atoms with Gasteiger partial charge in [0, 0.05) is 13.0 Å². The third-order valence-corrected chi connectivity index (χ3v) is 2.24. The zero-order valence-electron chi connectivity index (χ0n) is 9.98. The van der Waals surface area contributed by atoms with E-state index in [-0.39, 0.29) is 18.8 Å². The van der Waals surface area contributed by atoms with Crippen LogP contribution in [0.4, 0.5) is 17.6 Å². The summed E-state index contributed by atoms with van der Waals surface area (Å²) in [6.45, 7) is 0.368. The molecular formula is C12H15F4NO. The smallest absolute Gasteiger partial charge is 0.389 e. The van der Waals surface area contributed by atoms with Crippen LogP contribution in [0.5, 0.6) is 5.75 Å². The highest BCUT2D eigenvalue weighted by atomic mass is 19.4. The number of hydrogen-bond donors (Lipinski definition) is 1. The van der Waals surface area contributed by atoms with Crippen molar-refractivity contribution < 1.29 is 22.3 Å². The lowest BCUT2D eigenvalue weighted by Gasteiger charge is -2.09. The highest BCUT2D eigenvalue weighted by Crippen LogP contribution is 2.22. The van der Waals surface area contributed by atoms with Crippen molar-refractivity contribution in [2.24, 2.45) is 0 Å². The maximum absolute atomic E-state index is 13.5. The predicted octanol–water partition coefficient (Wildman–Crippen LogP) is 3.27. The zero-order valence-corrected chi connectivity index (χ0v) is 9.98. The summed E-state index contributed by atoms with van der Waals surface area (Å²) in [4.78, 5) is 0. The van der Waals surface area contributed by atoms with Crippen LogP contribution in [0, 0.1) is 5.82 Å². The van der Waals surface area contributed by atoms with Gasteiger partial charge in [-0.1, -0.05) is 6.07 Å². The minimum Gasteiger partial charge on any atom is -0.491 e. The fraction of sp³-hybridized carbons (Fsp3) is 0.500. The summed E-state index contributed by atoms with van der Waals surface area (Å²) in [5.41, 5.74) is 0.748. The molecule has 0 unspecified atom stereocenters. The Morgan fingerprint density at radius 1 is 1.28 bits per heavy atom. The second-order valence-corrected chi connectivity index (χ2v) is 3.86. The molecule has 0 aliphatic rings. The number of benzene rings is 1. The number of halogens is 4. The van der Waals surface area contributed by atoms with Crippen LogP contribution in [0.15, 0.2) is 18.2 Å². The van der Waals surface area contributed by atoms with E-state index in [1.165, 1.54) is 12.1 Å². The van der Waals surface area contributed by atoms with E-state index in [2.05, 4.69) is 5.32 Å². The average Bonchev–Trinajstić information content (AvgIpc) is 2.26. The third kappa shape index (κ3) is 5.35. The van der Waals surface area contributed by atoms with E-state index in [1.54, 1.807) is 13.1 Å². The Labute approximate surface area is 103 Å². The van der Waals surface area contributed by atoms with Crippen LogP contribution in [0.1, 0.15) is 18.4 Å². The van der Waals surface area contributed by atoms with Crippen molar-refractivity contribution in [2.75, 3.05) is 13.7 Å². The van der Waals surface area contributed by atoms with Gasteiger partial charge in [-0.25, -0.2) is 4.39 Å². The molecule has 0 radical (unpaired) electrons. The molecule has 0 amide bonds. The molecule has 0 fully saturated rings. The van der Waals surface area contributed by atoms with Gasteiger partial charge < -0.3 is 10.1 Å². The monoisotopic (exact) mass is 265 g/mol. The van der Waals surface area contributed by atoms with Gasteiger partial charge in [0.2, 0.25) is 0 Å². The summed E-state index contributed by atoms with van der Waals surface area (Å²) in [7, 11) is 1.74. The number of rotatable bonds is 6. The van der Waals surface area contributed by atoms with E-state index in [9.17, 15) is 17.6 Å². The van der Waals surface area contributed by atoms with Gasteiger partial charge in [0.1, 0.15) is 0 Å². The van der Waals surface area contributed by atoms with Crippen molar-refractivity contribution in [1.29, 1.82) is 0 Å². The standard InChI is InChI=1S/C12H15F4NO/c1-17-8-9-3-4-11(10(13)7-9)18-6-2-5-12(14,15)16/h3-4,7,17H,2,5-6,8H2,1H3. The number of hydrogen-bond acceptors (Lipinski definition) is 2. The number of ether oxygens (including phenoxy) is 1. The normalized spacial score (nSPS) is 11.6. The quantitative estimate of drug-likeness (QED) is 0.629. The Bertz CT molecular complexity index is 379. The Hall–Kier alpha value is -1.30. The Kier molecular flexibility index (Phi) is 5.40. The van der Waals surface area contributed by atoms with E-state index >= 15 is 0 Å². The molecule has 0 heterocycles. The molecule has 1 aromatic rings. The predicted molar refractivity (Wildman–Crippen MR) is 59.9 cm³/mol. The molecule has 0 spiro atoms. The maximum atomic E-state index is 13.5. The van der Waals surface area contributed by atoms with Crippen molar-refractivity contribution in [2.45, 2.75) is 25.6 Å². The topological polar surface area (TPSA) is 21.3 Å². The SMILES string of the molecule is CNCc1ccc(OCCCC(F)(F)F)c(F)c1. The average molecular weight is 265 g/mol. The molecule has 0 aliphatic heterocycles. The lowest BCUT2D eigenvalue weighted by Crippen LogP contribution is -2.10. The molecule has 1 aromatic carbocycles. The summed E-state index contributed by atoms with van der Waals surface area (Å²) >= 11 is 0. The molecule has 2 nitrogen and oxygen atoms in total. The number of alkyl halides is 3. The van der Waals surface area contributed by atoms with Crippen LogP contribution in [0.2, 0.25) is 0 Å². The highest BCUT2D eigenvalue weighted by Gasteiger charge is 2.26. The van der Waals surface area contributed by atoms with E-state index in [1.807, 2.05) is 0 Å². The van der Waals surface area contributed by atoms with Gasteiger partial charge in [-0.2, -0.15) is 13.2 Å². The molecular weight excluding hydrogens is 250 g/mol. The molecule has 0 atom stereocenters. The zero-order chi connectivity index (χ0) is 13.6. The Morgan fingerprint density at radius 2 is 2.00 bits per heavy atom. The first-order valence-corrected chi connectivity index (χ1v) is 5.55. The van der Waals surface area contributed by atoms with Gasteiger partial charge in [-0.15, -0.1) is 0 Å². The van der Waals surface area contributed by atoms with Crippen molar-refractivity contribution in [3.63, 3.8) is 0 Å². The Balaban J connectivity index is 2.43. The molecule has 1 N–H and O–H groups in total.